The smallest absolute Gasteiger partial charge is 0.325 e. The second-order valence-corrected chi connectivity index (χ2v) is 1.55. The van der Waals surface area contributed by atoms with Crippen LogP contribution in [-0.2, 0) is 4.84 Å². The third kappa shape index (κ3) is 0.906. The van der Waals surface area contributed by atoms with Gasteiger partial charge >= 0.3 is 11.9 Å². The highest BCUT2D eigenvalue weighted by Gasteiger charge is 2.33. The summed E-state index contributed by atoms with van der Waals surface area (Å²) in [6.07, 6.45) is 0. The van der Waals surface area contributed by atoms with E-state index in [-0.39, 0.29) is 6.61 Å². The lowest BCUT2D eigenvalue weighted by Crippen LogP contribution is -2.28. The molecular formula is C3H4N2O4. The highest BCUT2D eigenvalue weighted by molar-refractivity contribution is 5.78. The summed E-state index contributed by atoms with van der Waals surface area (Å²) in [5.74, 6) is -0.556. The maximum atomic E-state index is 9.90. The Kier molecular flexibility index (Phi) is 1.21. The van der Waals surface area contributed by atoms with E-state index in [2.05, 4.69) is 9.99 Å². The van der Waals surface area contributed by atoms with Gasteiger partial charge in [0.05, 0.1) is 0 Å². The number of aliphatic hydroxyl groups excluding tert-OH is 1. The maximum Gasteiger partial charge on any atom is 0.325 e. The van der Waals surface area contributed by atoms with Crippen molar-refractivity contribution in [2.24, 2.45) is 5.16 Å². The summed E-state index contributed by atoms with van der Waals surface area (Å²) >= 11 is 0. The maximum absolute atomic E-state index is 9.90. The first-order chi connectivity index (χ1) is 4.22. The number of hydrogen-bond donors (Lipinski definition) is 1. The molecule has 0 bridgehead atoms. The van der Waals surface area contributed by atoms with Crippen LogP contribution >= 0.6 is 0 Å². The predicted molar refractivity (Wildman–Crippen MR) is 26.8 cm³/mol. The lowest BCUT2D eigenvalue weighted by Gasteiger charge is -1.93. The van der Waals surface area contributed by atoms with E-state index in [0.717, 1.165) is 0 Å². The first-order valence-electron chi connectivity index (χ1n) is 2.24. The van der Waals surface area contributed by atoms with E-state index in [4.69, 9.17) is 5.11 Å². The van der Waals surface area contributed by atoms with Crippen molar-refractivity contribution in [1.82, 2.24) is 0 Å². The zero-order chi connectivity index (χ0) is 6.85. The van der Waals surface area contributed by atoms with Crippen LogP contribution in [0.2, 0.25) is 0 Å². The fraction of sp³-hybridized carbons (Fsp3) is 0.667. The van der Waals surface area contributed by atoms with Crippen LogP contribution in [0.4, 0.5) is 0 Å². The van der Waals surface area contributed by atoms with Crippen molar-refractivity contribution >= 4 is 5.90 Å². The van der Waals surface area contributed by atoms with Gasteiger partial charge in [0.2, 0.25) is 0 Å². The lowest BCUT2D eigenvalue weighted by atomic mass is 10.3. The zero-order valence-electron chi connectivity index (χ0n) is 4.35. The molecule has 0 saturated heterocycles. The monoisotopic (exact) mass is 132 g/mol. The van der Waals surface area contributed by atoms with Crippen LogP contribution < -0.4 is 0 Å². The molecule has 9 heavy (non-hydrogen) atoms. The molecule has 0 aliphatic carbocycles. The van der Waals surface area contributed by atoms with Crippen LogP contribution in [0.15, 0.2) is 5.16 Å². The highest BCUT2D eigenvalue weighted by Crippen LogP contribution is 2.01. The van der Waals surface area contributed by atoms with E-state index < -0.39 is 16.9 Å². The van der Waals surface area contributed by atoms with Crippen LogP contribution in [-0.4, -0.2) is 28.6 Å². The van der Waals surface area contributed by atoms with Crippen molar-refractivity contribution in [3.63, 3.8) is 0 Å². The molecule has 1 aliphatic rings. The summed E-state index contributed by atoms with van der Waals surface area (Å²) in [5, 5.41) is 21.4. The van der Waals surface area contributed by atoms with Gasteiger partial charge in [0.1, 0.15) is 0 Å². The molecule has 1 unspecified atom stereocenters. The quantitative estimate of drug-likeness (QED) is 0.386. The van der Waals surface area contributed by atoms with E-state index in [9.17, 15) is 10.1 Å². The Balaban J connectivity index is 2.63. The molecule has 6 nitrogen and oxygen atoms in total. The highest BCUT2D eigenvalue weighted by atomic mass is 16.7. The van der Waals surface area contributed by atoms with Gasteiger partial charge < -0.3 is 9.94 Å². The minimum absolute atomic E-state index is 0.168. The second-order valence-electron chi connectivity index (χ2n) is 1.55. The molecule has 0 radical (unpaired) electrons. The van der Waals surface area contributed by atoms with Gasteiger partial charge in [-0.3, -0.25) is 10.1 Å². The molecule has 0 aromatic carbocycles. The van der Waals surface area contributed by atoms with E-state index in [1.807, 2.05) is 0 Å². The minimum Gasteiger partial charge on any atom is -0.489 e. The van der Waals surface area contributed by atoms with Gasteiger partial charge in [-0.15, -0.1) is 0 Å². The van der Waals surface area contributed by atoms with E-state index >= 15 is 0 Å². The summed E-state index contributed by atoms with van der Waals surface area (Å²) in [4.78, 5) is 13.5. The van der Waals surface area contributed by atoms with E-state index in [0.29, 0.717) is 0 Å². The number of oxime groups is 1. The van der Waals surface area contributed by atoms with Crippen LogP contribution in [0.3, 0.4) is 0 Å². The molecule has 0 aromatic rings. The Morgan fingerprint density at radius 3 is 2.89 bits per heavy atom. The molecule has 0 saturated carbocycles. The number of nitro groups is 1. The average Bonchev–Trinajstić information content (AvgIpc) is 2.13. The number of aliphatic hydroxyl groups is 1. The largest absolute Gasteiger partial charge is 0.489 e. The zero-order valence-corrected chi connectivity index (χ0v) is 4.35. The number of hydrogen-bond acceptors (Lipinski definition) is 4. The van der Waals surface area contributed by atoms with Crippen LogP contribution in [0.1, 0.15) is 0 Å². The first-order valence-corrected chi connectivity index (χ1v) is 2.24. The van der Waals surface area contributed by atoms with Crippen LogP contribution in [0.5, 0.6) is 0 Å². The molecule has 0 spiro atoms. The third-order valence-electron chi connectivity index (χ3n) is 0.943. The molecule has 0 aromatic heterocycles. The van der Waals surface area contributed by atoms with Crippen molar-refractivity contribution in [2.45, 2.75) is 6.04 Å². The molecule has 1 atom stereocenters. The summed E-state index contributed by atoms with van der Waals surface area (Å²) in [7, 11) is 0. The Hall–Kier alpha value is -1.33. The summed E-state index contributed by atoms with van der Waals surface area (Å²) in [5.41, 5.74) is 0. The van der Waals surface area contributed by atoms with Gasteiger partial charge in [-0.1, -0.05) is 0 Å². The first kappa shape index (κ1) is 5.80. The normalized spacial score (nSPS) is 24.9. The molecule has 1 aliphatic heterocycles. The van der Waals surface area contributed by atoms with Gasteiger partial charge in [0.25, 0.3) is 0 Å². The van der Waals surface area contributed by atoms with Crippen molar-refractivity contribution in [3.8, 4) is 0 Å². The predicted octanol–water partition coefficient (Wildman–Crippen LogP) is -0.467. The standard InChI is InChI=1S/C3H4N2O4/c6-3-2(5(7)8)1-9-4-3/h2H,1H2,(H,4,6). The second kappa shape index (κ2) is 1.88. The van der Waals surface area contributed by atoms with Crippen molar-refractivity contribution in [2.75, 3.05) is 6.61 Å². The van der Waals surface area contributed by atoms with Crippen molar-refractivity contribution < 1.29 is 14.9 Å². The average molecular weight is 132 g/mol. The van der Waals surface area contributed by atoms with Gasteiger partial charge in [-0.2, -0.15) is 0 Å². The van der Waals surface area contributed by atoms with Gasteiger partial charge in [0.15, 0.2) is 6.61 Å². The molecule has 1 heterocycles. The van der Waals surface area contributed by atoms with Crippen LogP contribution in [0, 0.1) is 10.1 Å². The summed E-state index contributed by atoms with van der Waals surface area (Å²) in [6.45, 7) is -0.168. The Morgan fingerprint density at radius 2 is 2.67 bits per heavy atom. The Bertz CT molecular complexity index is 165. The van der Waals surface area contributed by atoms with Crippen molar-refractivity contribution in [3.05, 3.63) is 10.1 Å². The van der Waals surface area contributed by atoms with E-state index in [1.54, 1.807) is 0 Å². The Labute approximate surface area is 49.9 Å². The van der Waals surface area contributed by atoms with E-state index in [1.165, 1.54) is 0 Å². The Morgan fingerprint density at radius 1 is 2.00 bits per heavy atom. The lowest BCUT2D eigenvalue weighted by molar-refractivity contribution is -0.505. The molecule has 1 rings (SSSR count). The number of rotatable bonds is 1. The molecule has 0 amide bonds. The molecule has 1 N–H and O–H groups in total. The topological polar surface area (TPSA) is 85.0 Å². The number of nitrogens with zero attached hydrogens (tertiary/aromatic N) is 2. The SMILES string of the molecule is O=[N+]([O-])C1CON=C1O. The molecular weight excluding hydrogens is 128 g/mol. The van der Waals surface area contributed by atoms with Gasteiger partial charge in [-0.05, 0) is 5.16 Å². The van der Waals surface area contributed by atoms with Crippen molar-refractivity contribution in [1.29, 1.82) is 0 Å². The van der Waals surface area contributed by atoms with Crippen LogP contribution in [0.25, 0.3) is 0 Å². The third-order valence-corrected chi connectivity index (χ3v) is 0.943. The summed E-state index contributed by atoms with van der Waals surface area (Å²) in [6, 6.07) is -1.16. The minimum atomic E-state index is -1.16. The molecule has 6 heteroatoms. The van der Waals surface area contributed by atoms with Gasteiger partial charge in [0, 0.05) is 4.92 Å². The fourth-order valence-corrected chi connectivity index (χ4v) is 0.465. The fourth-order valence-electron chi connectivity index (χ4n) is 0.465. The van der Waals surface area contributed by atoms with Gasteiger partial charge in [-0.25, -0.2) is 0 Å². The molecule has 0 fully saturated rings. The molecule has 50 valence electrons. The summed E-state index contributed by atoms with van der Waals surface area (Å²) < 4.78 is 0.